The van der Waals surface area contributed by atoms with Crippen molar-refractivity contribution in [3.63, 3.8) is 0 Å². The summed E-state index contributed by atoms with van der Waals surface area (Å²) in [6.07, 6.45) is 2.48. The number of aryl methyl sites for hydroxylation is 1. The van der Waals surface area contributed by atoms with Gasteiger partial charge in [-0.2, -0.15) is 0 Å². The number of hydrogen-bond acceptors (Lipinski definition) is 5. The van der Waals surface area contributed by atoms with E-state index in [1.807, 2.05) is 29.9 Å². The first kappa shape index (κ1) is 23.1. The largest absolute Gasteiger partial charge is 0.357 e. The number of hydrogen-bond donors (Lipinski definition) is 2. The van der Waals surface area contributed by atoms with Gasteiger partial charge in [-0.1, -0.05) is 6.07 Å². The number of nitrogens with one attached hydrogen (secondary N) is 2. The van der Waals surface area contributed by atoms with Crippen LogP contribution in [0.5, 0.6) is 0 Å². The highest BCUT2D eigenvalue weighted by molar-refractivity contribution is 14.0. The topological polar surface area (TPSA) is 70.4 Å². The molecule has 28 heavy (non-hydrogen) atoms. The lowest BCUT2D eigenvalue weighted by atomic mass is 9.88. The maximum atomic E-state index is 4.71. The van der Waals surface area contributed by atoms with Crippen molar-refractivity contribution in [3.8, 4) is 0 Å². The number of piperidine rings is 1. The minimum absolute atomic E-state index is 0. The van der Waals surface area contributed by atoms with Gasteiger partial charge in [0.15, 0.2) is 11.8 Å². The smallest absolute Gasteiger partial charge is 0.191 e. The molecule has 2 unspecified atom stereocenters. The van der Waals surface area contributed by atoms with Crippen LogP contribution in [0.4, 0.5) is 0 Å². The molecular weight excluding hydrogens is 485 g/mol. The van der Waals surface area contributed by atoms with Gasteiger partial charge in [0.1, 0.15) is 12.4 Å². The molecule has 1 fully saturated rings. The molecule has 0 bridgehead atoms. The van der Waals surface area contributed by atoms with E-state index in [1.54, 1.807) is 0 Å². The number of thiophene rings is 1. The third-order valence-corrected chi connectivity index (χ3v) is 6.22. The lowest BCUT2D eigenvalue weighted by molar-refractivity contribution is 0.125. The van der Waals surface area contributed by atoms with Gasteiger partial charge in [0.05, 0.1) is 0 Å². The van der Waals surface area contributed by atoms with E-state index < -0.39 is 0 Å². The fourth-order valence-corrected chi connectivity index (χ4v) is 4.67. The highest BCUT2D eigenvalue weighted by Crippen LogP contribution is 2.36. The molecule has 2 N–H and O–H groups in total. The van der Waals surface area contributed by atoms with Crippen molar-refractivity contribution >= 4 is 41.3 Å². The zero-order valence-electron chi connectivity index (χ0n) is 17.2. The molecule has 3 rings (SSSR count). The summed E-state index contributed by atoms with van der Waals surface area (Å²) in [4.78, 5) is 8.66. The molecule has 2 aromatic rings. The van der Waals surface area contributed by atoms with Gasteiger partial charge in [0, 0.05) is 31.1 Å². The van der Waals surface area contributed by atoms with Crippen molar-refractivity contribution in [2.75, 3.05) is 26.7 Å². The normalized spacial score (nSPS) is 20.6. The number of rotatable bonds is 6. The van der Waals surface area contributed by atoms with Crippen molar-refractivity contribution < 1.29 is 0 Å². The first-order valence-electron chi connectivity index (χ1n) is 9.70. The Hall–Kier alpha value is -1.20. The van der Waals surface area contributed by atoms with Gasteiger partial charge in [0.25, 0.3) is 0 Å². The van der Waals surface area contributed by atoms with Crippen LogP contribution in [0.15, 0.2) is 22.5 Å². The molecule has 2 aromatic heterocycles. The van der Waals surface area contributed by atoms with Gasteiger partial charge < -0.3 is 15.2 Å². The second-order valence-electron chi connectivity index (χ2n) is 7.14. The number of aromatic nitrogens is 3. The molecule has 0 amide bonds. The maximum absolute atomic E-state index is 4.71. The Morgan fingerprint density at radius 1 is 1.32 bits per heavy atom. The minimum atomic E-state index is 0. The molecule has 2 atom stereocenters. The van der Waals surface area contributed by atoms with Crippen LogP contribution in [-0.2, 0) is 13.6 Å². The van der Waals surface area contributed by atoms with Gasteiger partial charge in [0.2, 0.25) is 0 Å². The van der Waals surface area contributed by atoms with E-state index in [1.165, 1.54) is 24.3 Å². The highest BCUT2D eigenvalue weighted by Gasteiger charge is 2.31. The summed E-state index contributed by atoms with van der Waals surface area (Å²) in [5, 5.41) is 17.4. The Kier molecular flexibility index (Phi) is 9.16. The van der Waals surface area contributed by atoms with Crippen molar-refractivity contribution in [1.29, 1.82) is 0 Å². The molecule has 3 heterocycles. The second kappa shape index (κ2) is 11.1. The average molecular weight is 517 g/mol. The molecule has 7 nitrogen and oxygen atoms in total. The van der Waals surface area contributed by atoms with Gasteiger partial charge in [-0.05, 0) is 57.6 Å². The van der Waals surface area contributed by atoms with E-state index >= 15 is 0 Å². The average Bonchev–Trinajstić information content (AvgIpc) is 3.29. The Morgan fingerprint density at radius 3 is 2.79 bits per heavy atom. The van der Waals surface area contributed by atoms with Gasteiger partial charge in [-0.3, -0.25) is 4.90 Å². The van der Waals surface area contributed by atoms with Crippen molar-refractivity contribution in [2.24, 2.45) is 18.0 Å². The Morgan fingerprint density at radius 2 is 2.14 bits per heavy atom. The number of guanidine groups is 1. The summed E-state index contributed by atoms with van der Waals surface area (Å²) in [5.74, 6) is 3.19. The van der Waals surface area contributed by atoms with E-state index in [4.69, 9.17) is 4.99 Å². The van der Waals surface area contributed by atoms with Crippen LogP contribution in [0.2, 0.25) is 0 Å². The lowest BCUT2D eigenvalue weighted by Gasteiger charge is -2.39. The third kappa shape index (κ3) is 5.66. The van der Waals surface area contributed by atoms with Crippen LogP contribution in [-0.4, -0.2) is 52.3 Å². The molecule has 1 saturated heterocycles. The second-order valence-corrected chi connectivity index (χ2v) is 8.12. The standard InChI is InChI=1S/C19H31N7S.HI/c1-5-20-19(22-13-17-24-23-14(2)26(17)4)21-12-15-8-6-10-25(3)18(15)16-9-7-11-27-16;/h7,9,11,15,18H,5-6,8,10,12-13H2,1-4H3,(H2,20,21,22);1H. The van der Waals surface area contributed by atoms with Crippen molar-refractivity contribution in [3.05, 3.63) is 34.0 Å². The first-order chi connectivity index (χ1) is 13.1. The predicted molar refractivity (Wildman–Crippen MR) is 126 cm³/mol. The summed E-state index contributed by atoms with van der Waals surface area (Å²) >= 11 is 1.86. The molecule has 9 heteroatoms. The fourth-order valence-electron chi connectivity index (χ4n) is 3.69. The molecule has 1 aliphatic rings. The molecule has 0 aliphatic carbocycles. The number of likely N-dealkylation sites (tertiary alicyclic amines) is 1. The quantitative estimate of drug-likeness (QED) is 0.351. The summed E-state index contributed by atoms with van der Waals surface area (Å²) in [5.41, 5.74) is 0. The highest BCUT2D eigenvalue weighted by atomic mass is 127. The molecular formula is C19H32IN7S. The Bertz CT molecular complexity index is 744. The lowest BCUT2D eigenvalue weighted by Crippen LogP contribution is -2.44. The van der Waals surface area contributed by atoms with Crippen LogP contribution < -0.4 is 10.6 Å². The van der Waals surface area contributed by atoms with Crippen LogP contribution in [0.25, 0.3) is 0 Å². The van der Waals surface area contributed by atoms with Gasteiger partial charge in [-0.15, -0.1) is 45.5 Å². The SMILES string of the molecule is CCNC(=NCc1nnc(C)n1C)NCC1CCCN(C)C1c1cccs1.I. The van der Waals surface area contributed by atoms with E-state index in [-0.39, 0.29) is 24.0 Å². The van der Waals surface area contributed by atoms with Crippen molar-refractivity contribution in [2.45, 2.75) is 39.3 Å². The Balaban J connectivity index is 0.00000280. The van der Waals surface area contributed by atoms with Crippen LogP contribution in [0.3, 0.4) is 0 Å². The van der Waals surface area contributed by atoms with E-state index in [2.05, 4.69) is 57.2 Å². The van der Waals surface area contributed by atoms with Crippen LogP contribution in [0, 0.1) is 12.8 Å². The molecule has 0 radical (unpaired) electrons. The van der Waals surface area contributed by atoms with E-state index in [0.717, 1.165) is 30.7 Å². The van der Waals surface area contributed by atoms with Crippen LogP contribution in [0.1, 0.15) is 42.3 Å². The summed E-state index contributed by atoms with van der Waals surface area (Å²) in [6.45, 7) is 7.48. The number of aliphatic imine (C=N–C) groups is 1. The van der Waals surface area contributed by atoms with E-state index in [9.17, 15) is 0 Å². The van der Waals surface area contributed by atoms with Gasteiger partial charge in [-0.25, -0.2) is 4.99 Å². The fraction of sp³-hybridized carbons (Fsp3) is 0.632. The molecule has 156 valence electrons. The number of nitrogens with zero attached hydrogens (tertiary/aromatic N) is 5. The molecule has 0 spiro atoms. The Labute approximate surface area is 189 Å². The first-order valence-corrected chi connectivity index (χ1v) is 10.6. The molecule has 1 aliphatic heterocycles. The summed E-state index contributed by atoms with van der Waals surface area (Å²) in [6, 6.07) is 4.90. The summed E-state index contributed by atoms with van der Waals surface area (Å²) < 4.78 is 1.98. The molecule has 0 saturated carbocycles. The zero-order chi connectivity index (χ0) is 19.2. The predicted octanol–water partition coefficient (Wildman–Crippen LogP) is 2.94. The monoisotopic (exact) mass is 517 g/mol. The number of halogens is 1. The zero-order valence-corrected chi connectivity index (χ0v) is 20.3. The van der Waals surface area contributed by atoms with Crippen LogP contribution >= 0.6 is 35.3 Å². The third-order valence-electron chi connectivity index (χ3n) is 5.28. The van der Waals surface area contributed by atoms with E-state index in [0.29, 0.717) is 18.5 Å². The van der Waals surface area contributed by atoms with Crippen molar-refractivity contribution in [1.82, 2.24) is 30.3 Å². The minimum Gasteiger partial charge on any atom is -0.357 e. The maximum Gasteiger partial charge on any atom is 0.191 e. The summed E-state index contributed by atoms with van der Waals surface area (Å²) in [7, 11) is 4.22. The van der Waals surface area contributed by atoms with Gasteiger partial charge >= 0.3 is 0 Å². The molecule has 0 aromatic carbocycles.